The molecule has 0 radical (unpaired) electrons. The lowest BCUT2D eigenvalue weighted by Crippen LogP contribution is -2.70. The predicted octanol–water partition coefficient (Wildman–Crippen LogP) is 4.52. The van der Waals surface area contributed by atoms with Crippen LogP contribution >= 0.6 is 0 Å². The van der Waals surface area contributed by atoms with Crippen molar-refractivity contribution in [3.63, 3.8) is 0 Å². The van der Waals surface area contributed by atoms with Crippen LogP contribution in [0.4, 0.5) is 61.7 Å². The van der Waals surface area contributed by atoms with Crippen LogP contribution in [0, 0.1) is 0 Å². The van der Waals surface area contributed by atoms with E-state index >= 15 is 0 Å². The van der Waals surface area contributed by atoms with E-state index < -0.39 is 35.1 Å². The van der Waals surface area contributed by atoms with Crippen LogP contribution in [0.15, 0.2) is 0 Å². The molecule has 0 rings (SSSR count). The van der Waals surface area contributed by atoms with Crippen molar-refractivity contribution in [1.29, 1.82) is 0 Å². The van der Waals surface area contributed by atoms with Crippen LogP contribution in [-0.2, 0) is 0 Å². The van der Waals surface area contributed by atoms with Crippen LogP contribution in [0.25, 0.3) is 0 Å². The molecule has 15 heteroatoms. The highest BCUT2D eigenvalue weighted by Crippen LogP contribution is 2.59. The molecule has 0 aromatic heterocycles. The van der Waals surface area contributed by atoms with Crippen molar-refractivity contribution in [2.75, 3.05) is 0 Å². The normalized spacial score (nSPS) is 16.5. The van der Waals surface area contributed by atoms with E-state index in [1.807, 2.05) is 0 Å². The molecule has 0 saturated carbocycles. The van der Waals surface area contributed by atoms with Gasteiger partial charge >= 0.3 is 35.1 Å². The molecular weight excluding hydrogens is 340 g/mol. The van der Waals surface area contributed by atoms with Crippen molar-refractivity contribution < 1.29 is 66.9 Å². The van der Waals surface area contributed by atoms with E-state index in [1.54, 1.807) is 0 Å². The molecule has 0 saturated heterocycles. The van der Waals surface area contributed by atoms with Crippen molar-refractivity contribution in [1.82, 2.24) is 0 Å². The van der Waals surface area contributed by atoms with E-state index in [0.29, 0.717) is 0 Å². The van der Waals surface area contributed by atoms with E-state index in [2.05, 4.69) is 0 Å². The van der Waals surface area contributed by atoms with Crippen LogP contribution in [0.3, 0.4) is 0 Å². The summed E-state index contributed by atoms with van der Waals surface area (Å²) in [6, 6.07) is -7.88. The fourth-order valence-electron chi connectivity index (χ4n) is 0.723. The van der Waals surface area contributed by atoms with Gasteiger partial charge in [0, 0.05) is 0 Å². The molecule has 0 fully saturated rings. The number of halogens is 14. The van der Waals surface area contributed by atoms with Crippen molar-refractivity contribution in [3.8, 4) is 0 Å². The van der Waals surface area contributed by atoms with Gasteiger partial charge in [-0.3, -0.25) is 0 Å². The number of hydrogen-bond donors (Lipinski definition) is 0. The van der Waals surface area contributed by atoms with Gasteiger partial charge < -0.3 is 0 Å². The molecule has 0 aromatic rings. The summed E-state index contributed by atoms with van der Waals surface area (Å²) < 4.78 is 166. The smallest absolute Gasteiger partial charge is 0.192 e. The summed E-state index contributed by atoms with van der Waals surface area (Å²) in [6.07, 6.45) is -7.49. The molecule has 0 bridgehead atoms. The van der Waals surface area contributed by atoms with Gasteiger partial charge in [0.05, 0.1) is 13.4 Å². The van der Waals surface area contributed by atoms with Crippen LogP contribution in [0.5, 0.6) is 0 Å². The Kier molecular flexibility index (Phi) is 4.02. The minimum atomic E-state index is -8.07. The maximum absolute atomic E-state index is 12.3. The highest BCUT2D eigenvalue weighted by molar-refractivity contribution is 5.03. The molecule has 0 heterocycles. The molecule has 0 amide bonds. The SMILES string of the molecule is FC(F)(F)C(F)(F)C(F)(F)C(F)(F)C(F)(F)[N+](F)(F)F. The molecule has 0 aliphatic heterocycles. The van der Waals surface area contributed by atoms with E-state index in [9.17, 15) is 61.7 Å². The average Bonchev–Trinajstić information content (AvgIpc) is 2.12. The van der Waals surface area contributed by atoms with Gasteiger partial charge in [0.2, 0.25) is 0 Å². The Bertz CT molecular complexity index is 323. The van der Waals surface area contributed by atoms with Gasteiger partial charge in [-0.05, 0) is 0 Å². The second-order valence-electron chi connectivity index (χ2n) is 3.21. The Morgan fingerprint density at radius 1 is 0.450 bits per heavy atom. The van der Waals surface area contributed by atoms with Crippen LogP contribution in [0.2, 0.25) is 0 Å². The molecule has 0 N–H and O–H groups in total. The lowest BCUT2D eigenvalue weighted by molar-refractivity contribution is -1.32. The third kappa shape index (κ3) is 2.24. The first-order valence-corrected chi connectivity index (χ1v) is 3.81. The van der Waals surface area contributed by atoms with Gasteiger partial charge in [-0.25, -0.2) is 0 Å². The van der Waals surface area contributed by atoms with E-state index in [0.717, 1.165) is 0 Å². The van der Waals surface area contributed by atoms with Crippen LogP contribution in [0.1, 0.15) is 0 Å². The fraction of sp³-hybridized carbons (Fsp3) is 1.00. The number of quaternary nitrogens is 1. The second kappa shape index (κ2) is 4.24. The highest BCUT2D eigenvalue weighted by Gasteiger charge is 2.95. The molecule has 0 aliphatic carbocycles. The van der Waals surface area contributed by atoms with Crippen LogP contribution < -0.4 is 0 Å². The molecule has 0 spiro atoms. The highest BCUT2D eigenvalue weighted by atomic mass is 19.6. The van der Waals surface area contributed by atoms with Crippen molar-refractivity contribution >= 4 is 0 Å². The van der Waals surface area contributed by atoms with Gasteiger partial charge in [-0.15, -0.1) is 8.78 Å². The van der Waals surface area contributed by atoms with Gasteiger partial charge in [0.25, 0.3) is 0 Å². The molecule has 1 nitrogen and oxygen atoms in total. The molecule has 0 aromatic carbocycles. The third-order valence-corrected chi connectivity index (χ3v) is 1.84. The van der Waals surface area contributed by atoms with Crippen molar-refractivity contribution in [2.45, 2.75) is 30.0 Å². The summed E-state index contributed by atoms with van der Waals surface area (Å²) in [5.74, 6) is -24.0. The lowest BCUT2D eigenvalue weighted by Gasteiger charge is -2.34. The van der Waals surface area contributed by atoms with Crippen LogP contribution in [-0.4, -0.2) is 35.1 Å². The molecule has 0 unspecified atom stereocenters. The van der Waals surface area contributed by atoms with Gasteiger partial charge in [-0.1, -0.05) is 0 Å². The lowest BCUT2D eigenvalue weighted by atomic mass is 10.0. The predicted molar refractivity (Wildman–Crippen MR) is 29.4 cm³/mol. The van der Waals surface area contributed by atoms with Gasteiger partial charge in [0.15, 0.2) is 0 Å². The Morgan fingerprint density at radius 2 is 0.750 bits per heavy atom. The van der Waals surface area contributed by atoms with E-state index in [1.165, 1.54) is 0 Å². The molecule has 20 heavy (non-hydrogen) atoms. The maximum atomic E-state index is 12.3. The Labute approximate surface area is 98.3 Å². The molecule has 0 aliphatic rings. The number of alkyl halides is 11. The fourth-order valence-corrected chi connectivity index (χ4v) is 0.723. The summed E-state index contributed by atoms with van der Waals surface area (Å²) >= 11 is 0. The summed E-state index contributed by atoms with van der Waals surface area (Å²) in [6.45, 7) is 0. The standard InChI is InChI=1S/C5F14N/c6-1(7,2(8,9)4(12,13)14)3(10,11)5(15,16)20(17,18)19/q+1. The number of hydrogen-bond acceptors (Lipinski definition) is 0. The molecule has 122 valence electrons. The Balaban J connectivity index is 6.08. The topological polar surface area (TPSA) is 0 Å². The van der Waals surface area contributed by atoms with E-state index in [-0.39, 0.29) is 0 Å². The summed E-state index contributed by atoms with van der Waals surface area (Å²) in [4.78, 5) is 0. The molecule has 0 atom stereocenters. The first-order chi connectivity index (χ1) is 8.25. The minimum Gasteiger partial charge on any atom is -0.192 e. The van der Waals surface area contributed by atoms with Gasteiger partial charge in [-0.2, -0.15) is 39.5 Å². The zero-order valence-corrected chi connectivity index (χ0v) is 8.24. The zero-order valence-electron chi connectivity index (χ0n) is 8.24. The zero-order chi connectivity index (χ0) is 17.0. The summed E-state index contributed by atoms with van der Waals surface area (Å²) in [7, 11) is 0. The first-order valence-electron chi connectivity index (χ1n) is 3.81. The Hall–Kier alpha value is -1.02. The van der Waals surface area contributed by atoms with Crippen molar-refractivity contribution in [3.05, 3.63) is 0 Å². The van der Waals surface area contributed by atoms with E-state index in [4.69, 9.17) is 0 Å². The molecular formula is C5F14N+. The minimum absolute atomic E-state index is 6.79. The quantitative estimate of drug-likeness (QED) is 0.401. The third-order valence-electron chi connectivity index (χ3n) is 1.84. The maximum Gasteiger partial charge on any atom is 0.576 e. The summed E-state index contributed by atoms with van der Waals surface area (Å²) in [5.41, 5.74) is 0. The van der Waals surface area contributed by atoms with Gasteiger partial charge in [0.1, 0.15) is 0 Å². The number of nitrogens with zero attached hydrogens (tertiary/aromatic N) is 1. The van der Waals surface area contributed by atoms with Crippen molar-refractivity contribution in [2.24, 2.45) is 0 Å². The number of rotatable bonds is 4. The summed E-state index contributed by atoms with van der Waals surface area (Å²) in [5, 5.41) is -6.79. The second-order valence-corrected chi connectivity index (χ2v) is 3.21. The average molecular weight is 340 g/mol. The largest absolute Gasteiger partial charge is 0.576 e. The Morgan fingerprint density at radius 3 is 0.950 bits per heavy atom. The monoisotopic (exact) mass is 340 g/mol. The first kappa shape index (κ1) is 19.0.